The average molecular weight is 338 g/mol. The first-order valence-electron chi connectivity index (χ1n) is 5.16. The van der Waals surface area contributed by atoms with Crippen molar-refractivity contribution in [3.05, 3.63) is 57.7 Å². The molecule has 1 aromatic carbocycles. The highest BCUT2D eigenvalue weighted by Crippen LogP contribution is 2.09. The number of hydrogen-bond donors (Lipinski definition) is 0. The summed E-state index contributed by atoms with van der Waals surface area (Å²) in [7, 11) is 0. The topological polar surface area (TPSA) is 34.4 Å². The Hall–Kier alpha value is -1.43. The van der Waals surface area contributed by atoms with Gasteiger partial charge in [-0.1, -0.05) is 6.07 Å². The molecule has 0 fully saturated rings. The van der Waals surface area contributed by atoms with E-state index >= 15 is 0 Å². The van der Waals surface area contributed by atoms with Gasteiger partial charge in [0.05, 0.1) is 0 Å². The fourth-order valence-corrected chi connectivity index (χ4v) is 1.87. The predicted molar refractivity (Wildman–Crippen MR) is 74.7 cm³/mol. The van der Waals surface area contributed by atoms with E-state index in [1.165, 1.54) is 10.5 Å². The highest BCUT2D eigenvalue weighted by molar-refractivity contribution is 14.1. The molecule has 4 heteroatoms. The van der Waals surface area contributed by atoms with E-state index in [0.717, 1.165) is 5.69 Å². The lowest BCUT2D eigenvalue weighted by Gasteiger charge is -2.06. The molecular formula is C13H11IN2O. The maximum atomic E-state index is 11.1. The van der Waals surface area contributed by atoms with Gasteiger partial charge in [0, 0.05) is 22.4 Å². The quantitative estimate of drug-likeness (QED) is 0.736. The van der Waals surface area contributed by atoms with Crippen molar-refractivity contribution >= 4 is 28.5 Å². The monoisotopic (exact) mass is 338 g/mol. The Morgan fingerprint density at radius 2 is 1.88 bits per heavy atom. The van der Waals surface area contributed by atoms with Gasteiger partial charge >= 0.3 is 0 Å². The van der Waals surface area contributed by atoms with Gasteiger partial charge in [0.25, 0.3) is 0 Å². The maximum absolute atomic E-state index is 11.1. The minimum atomic E-state index is -0.199. The molecule has 0 aliphatic heterocycles. The molecule has 0 unspecified atom stereocenters. The summed E-state index contributed by atoms with van der Waals surface area (Å²) >= 11 is 2.26. The molecule has 1 heterocycles. The Labute approximate surface area is 113 Å². The van der Waals surface area contributed by atoms with Crippen LogP contribution in [-0.2, 0) is 4.79 Å². The Kier molecular flexibility index (Phi) is 3.73. The molecule has 0 spiro atoms. The van der Waals surface area contributed by atoms with Gasteiger partial charge in [-0.3, -0.25) is 4.79 Å². The number of halogens is 1. The van der Waals surface area contributed by atoms with E-state index < -0.39 is 0 Å². The van der Waals surface area contributed by atoms with E-state index in [4.69, 9.17) is 0 Å². The first-order chi connectivity index (χ1) is 8.16. The largest absolute Gasteiger partial charge is 0.302 e. The zero-order chi connectivity index (χ0) is 12.3. The molecule has 0 aliphatic rings. The molecule has 0 N–H and O–H groups in total. The summed E-state index contributed by atoms with van der Waals surface area (Å²) in [5, 5.41) is 0. The van der Waals surface area contributed by atoms with Crippen LogP contribution in [0.4, 0.5) is 0 Å². The third-order valence-corrected chi connectivity index (χ3v) is 2.93. The van der Waals surface area contributed by atoms with Crippen molar-refractivity contribution in [2.45, 2.75) is 6.92 Å². The number of aromatic nitrogens is 1. The average Bonchev–Trinajstić information content (AvgIpc) is 2.30. The van der Waals surface area contributed by atoms with Crippen molar-refractivity contribution in [3.8, 4) is 5.69 Å². The van der Waals surface area contributed by atoms with Gasteiger partial charge in [-0.05, 0) is 59.0 Å². The second-order valence-corrected chi connectivity index (χ2v) is 4.78. The van der Waals surface area contributed by atoms with Gasteiger partial charge < -0.3 is 4.57 Å². The van der Waals surface area contributed by atoms with Crippen LogP contribution in [0.3, 0.4) is 0 Å². The third kappa shape index (κ3) is 3.03. The van der Waals surface area contributed by atoms with Gasteiger partial charge in [-0.2, -0.15) is 4.99 Å². The molecule has 2 aromatic rings. The van der Waals surface area contributed by atoms with Crippen molar-refractivity contribution in [1.82, 2.24) is 4.57 Å². The number of pyridine rings is 1. The van der Waals surface area contributed by atoms with Crippen LogP contribution < -0.4 is 5.49 Å². The molecular weight excluding hydrogens is 327 g/mol. The maximum Gasteiger partial charge on any atom is 0.244 e. The van der Waals surface area contributed by atoms with Crippen LogP contribution >= 0.6 is 22.6 Å². The van der Waals surface area contributed by atoms with Crippen LogP contribution in [0.2, 0.25) is 0 Å². The first-order valence-corrected chi connectivity index (χ1v) is 6.23. The zero-order valence-electron chi connectivity index (χ0n) is 9.30. The second-order valence-electron chi connectivity index (χ2n) is 3.54. The Bertz CT molecular complexity index is 599. The van der Waals surface area contributed by atoms with E-state index in [-0.39, 0.29) is 5.91 Å². The zero-order valence-corrected chi connectivity index (χ0v) is 11.5. The normalized spacial score (nSPS) is 11.5. The van der Waals surface area contributed by atoms with Gasteiger partial charge in [0.1, 0.15) is 5.49 Å². The minimum Gasteiger partial charge on any atom is -0.302 e. The summed E-state index contributed by atoms with van der Waals surface area (Å²) in [6.45, 7) is 1.45. The van der Waals surface area contributed by atoms with E-state index in [9.17, 15) is 4.79 Å². The van der Waals surface area contributed by atoms with Gasteiger partial charge in [0.15, 0.2) is 0 Å². The van der Waals surface area contributed by atoms with Gasteiger partial charge in [-0.15, -0.1) is 0 Å². The molecule has 3 nitrogen and oxygen atoms in total. The summed E-state index contributed by atoms with van der Waals surface area (Å²) < 4.78 is 3.06. The van der Waals surface area contributed by atoms with Gasteiger partial charge in [-0.25, -0.2) is 0 Å². The Morgan fingerprint density at radius 1 is 1.18 bits per heavy atom. The molecule has 2 rings (SSSR count). The summed E-state index contributed by atoms with van der Waals surface area (Å²) in [4.78, 5) is 15.1. The highest BCUT2D eigenvalue weighted by Gasteiger charge is 1.97. The van der Waals surface area contributed by atoms with E-state index in [0.29, 0.717) is 5.49 Å². The minimum absolute atomic E-state index is 0.199. The Balaban J connectivity index is 2.60. The van der Waals surface area contributed by atoms with Gasteiger partial charge in [0.2, 0.25) is 5.91 Å². The number of carbonyl (C=O) groups excluding carboxylic acids is 1. The van der Waals surface area contributed by atoms with Crippen LogP contribution in [0.5, 0.6) is 0 Å². The lowest BCUT2D eigenvalue weighted by Crippen LogP contribution is -2.19. The highest BCUT2D eigenvalue weighted by atomic mass is 127. The van der Waals surface area contributed by atoms with Crippen molar-refractivity contribution in [3.63, 3.8) is 0 Å². The standard InChI is InChI=1S/C13H11IN2O/c1-10(17)15-13-4-2-3-9-16(13)12-7-5-11(14)6-8-12/h2-9H,1H3. The smallest absolute Gasteiger partial charge is 0.244 e. The summed E-state index contributed by atoms with van der Waals surface area (Å²) in [6.07, 6.45) is 1.89. The van der Waals surface area contributed by atoms with Crippen molar-refractivity contribution in [2.75, 3.05) is 0 Å². The number of benzene rings is 1. The van der Waals surface area contributed by atoms with Crippen LogP contribution in [0.1, 0.15) is 6.92 Å². The van der Waals surface area contributed by atoms with Crippen molar-refractivity contribution in [2.24, 2.45) is 4.99 Å². The second kappa shape index (κ2) is 5.27. The lowest BCUT2D eigenvalue weighted by molar-refractivity contribution is -0.116. The van der Waals surface area contributed by atoms with Crippen LogP contribution in [-0.4, -0.2) is 10.5 Å². The van der Waals surface area contributed by atoms with Crippen LogP contribution in [0.15, 0.2) is 53.7 Å². The molecule has 0 aliphatic carbocycles. The molecule has 1 aromatic heterocycles. The molecule has 1 amide bonds. The molecule has 0 atom stereocenters. The lowest BCUT2D eigenvalue weighted by atomic mass is 10.3. The third-order valence-electron chi connectivity index (χ3n) is 2.22. The molecule has 86 valence electrons. The molecule has 0 bridgehead atoms. The summed E-state index contributed by atoms with van der Waals surface area (Å²) in [5.41, 5.74) is 1.63. The van der Waals surface area contributed by atoms with Crippen molar-refractivity contribution in [1.29, 1.82) is 0 Å². The molecule has 0 radical (unpaired) electrons. The van der Waals surface area contributed by atoms with E-state index in [2.05, 4.69) is 27.6 Å². The number of carbonyl (C=O) groups is 1. The molecule has 0 saturated heterocycles. The predicted octanol–water partition coefficient (Wildman–Crippen LogP) is 2.53. The fourth-order valence-electron chi connectivity index (χ4n) is 1.51. The number of nitrogens with zero attached hydrogens (tertiary/aromatic N) is 2. The SMILES string of the molecule is CC(=O)N=c1ccccn1-c1ccc(I)cc1. The Morgan fingerprint density at radius 3 is 2.53 bits per heavy atom. The fraction of sp³-hybridized carbons (Fsp3) is 0.0769. The molecule has 0 saturated carbocycles. The molecule has 17 heavy (non-hydrogen) atoms. The number of rotatable bonds is 1. The summed E-state index contributed by atoms with van der Waals surface area (Å²) in [5.74, 6) is -0.199. The summed E-state index contributed by atoms with van der Waals surface area (Å²) in [6, 6.07) is 13.6. The number of hydrogen-bond acceptors (Lipinski definition) is 1. The van der Waals surface area contributed by atoms with Crippen molar-refractivity contribution < 1.29 is 4.79 Å². The van der Waals surface area contributed by atoms with E-state index in [1.807, 2.05) is 53.2 Å². The van der Waals surface area contributed by atoms with Crippen LogP contribution in [0, 0.1) is 3.57 Å². The number of amides is 1. The first kappa shape index (κ1) is 12.0. The van der Waals surface area contributed by atoms with E-state index in [1.54, 1.807) is 0 Å². The van der Waals surface area contributed by atoms with Crippen LogP contribution in [0.25, 0.3) is 5.69 Å².